The van der Waals surface area contributed by atoms with Crippen LogP contribution in [0.25, 0.3) is 0 Å². The lowest BCUT2D eigenvalue weighted by Gasteiger charge is -2.05. The summed E-state index contributed by atoms with van der Waals surface area (Å²) in [6.45, 7) is 0.0587. The van der Waals surface area contributed by atoms with Gasteiger partial charge in [0.1, 0.15) is 17.5 Å². The molecule has 0 atom stereocenters. The van der Waals surface area contributed by atoms with Gasteiger partial charge >= 0.3 is 5.97 Å². The first-order valence-electron chi connectivity index (χ1n) is 4.96. The van der Waals surface area contributed by atoms with Crippen LogP contribution in [0.3, 0.4) is 0 Å². The normalized spacial score (nSPS) is 10.6. The number of carbonyl (C=O) groups is 1. The van der Waals surface area contributed by atoms with Gasteiger partial charge in [0.25, 0.3) is 5.56 Å². The molecule has 0 fully saturated rings. The molecule has 0 amide bonds. The van der Waals surface area contributed by atoms with Gasteiger partial charge in [-0.15, -0.1) is 0 Å². The quantitative estimate of drug-likeness (QED) is 0.869. The predicted molar refractivity (Wildman–Crippen MR) is 62.8 cm³/mol. The Morgan fingerprint density at radius 2 is 2.22 bits per heavy atom. The van der Waals surface area contributed by atoms with Crippen molar-refractivity contribution in [3.05, 3.63) is 45.4 Å². The Hall–Kier alpha value is -2.15. The Kier molecular flexibility index (Phi) is 3.15. The van der Waals surface area contributed by atoms with E-state index in [9.17, 15) is 9.59 Å². The molecule has 2 heterocycles. The van der Waals surface area contributed by atoms with Gasteiger partial charge in [0, 0.05) is 13.1 Å². The van der Waals surface area contributed by atoms with Crippen LogP contribution in [-0.4, -0.2) is 30.4 Å². The summed E-state index contributed by atoms with van der Waals surface area (Å²) in [6.07, 6.45) is 1.45. The minimum absolute atomic E-state index is 0.0587. The number of aromatic nitrogens is 4. The summed E-state index contributed by atoms with van der Waals surface area (Å²) >= 11 is 5.82. The second-order valence-corrected chi connectivity index (χ2v) is 3.96. The maximum absolute atomic E-state index is 11.6. The van der Waals surface area contributed by atoms with Crippen LogP contribution in [0.1, 0.15) is 16.3 Å². The van der Waals surface area contributed by atoms with Crippen molar-refractivity contribution in [1.82, 2.24) is 19.3 Å². The van der Waals surface area contributed by atoms with Gasteiger partial charge in [-0.3, -0.25) is 4.79 Å². The second kappa shape index (κ2) is 4.61. The minimum Gasteiger partial charge on any atom is -0.476 e. The van der Waals surface area contributed by atoms with Crippen molar-refractivity contribution in [1.29, 1.82) is 0 Å². The van der Waals surface area contributed by atoms with Crippen LogP contribution < -0.4 is 5.56 Å². The molecule has 0 aliphatic carbocycles. The molecule has 2 aromatic heterocycles. The van der Waals surface area contributed by atoms with Crippen molar-refractivity contribution in [2.45, 2.75) is 6.54 Å². The van der Waals surface area contributed by atoms with Crippen LogP contribution >= 0.6 is 11.6 Å². The molecule has 0 spiro atoms. The number of aromatic carboxylic acids is 1. The molecular formula is C10H9ClN4O3. The van der Waals surface area contributed by atoms with Gasteiger partial charge in [0.05, 0.1) is 6.20 Å². The predicted octanol–water partition coefficient (Wildman–Crippen LogP) is 0.377. The van der Waals surface area contributed by atoms with E-state index in [1.54, 1.807) is 11.6 Å². The summed E-state index contributed by atoms with van der Waals surface area (Å²) in [7, 11) is 1.69. The van der Waals surface area contributed by atoms with Crippen LogP contribution in [0.4, 0.5) is 0 Å². The van der Waals surface area contributed by atoms with E-state index in [1.807, 2.05) is 0 Å². The SMILES string of the molecule is Cn1c(Cl)cnc1Cn1nc(C(=O)O)ccc1=O. The maximum atomic E-state index is 11.6. The zero-order chi connectivity index (χ0) is 13.3. The smallest absolute Gasteiger partial charge is 0.356 e. The minimum atomic E-state index is -1.19. The number of imidazole rings is 1. The highest BCUT2D eigenvalue weighted by atomic mass is 35.5. The van der Waals surface area contributed by atoms with Gasteiger partial charge in [-0.05, 0) is 6.07 Å². The molecule has 7 nitrogen and oxygen atoms in total. The number of carboxylic acids is 1. The molecule has 18 heavy (non-hydrogen) atoms. The van der Waals surface area contributed by atoms with Crippen molar-refractivity contribution in [3.63, 3.8) is 0 Å². The Labute approximate surface area is 106 Å². The fourth-order valence-corrected chi connectivity index (χ4v) is 1.53. The molecule has 0 saturated carbocycles. The van der Waals surface area contributed by atoms with Gasteiger partial charge in [-0.25, -0.2) is 14.5 Å². The fraction of sp³-hybridized carbons (Fsp3) is 0.200. The molecule has 0 saturated heterocycles. The van der Waals surface area contributed by atoms with E-state index in [2.05, 4.69) is 10.1 Å². The molecule has 0 aliphatic heterocycles. The number of hydrogen-bond acceptors (Lipinski definition) is 4. The number of rotatable bonds is 3. The van der Waals surface area contributed by atoms with E-state index >= 15 is 0 Å². The lowest BCUT2D eigenvalue weighted by Crippen LogP contribution is -2.26. The monoisotopic (exact) mass is 268 g/mol. The van der Waals surface area contributed by atoms with E-state index < -0.39 is 11.5 Å². The highest BCUT2D eigenvalue weighted by Gasteiger charge is 2.10. The van der Waals surface area contributed by atoms with Crippen molar-refractivity contribution < 1.29 is 9.90 Å². The molecule has 0 bridgehead atoms. The van der Waals surface area contributed by atoms with E-state index in [0.717, 1.165) is 16.8 Å². The largest absolute Gasteiger partial charge is 0.476 e. The maximum Gasteiger partial charge on any atom is 0.356 e. The molecule has 94 valence electrons. The summed E-state index contributed by atoms with van der Waals surface area (Å²) < 4.78 is 2.62. The summed E-state index contributed by atoms with van der Waals surface area (Å²) in [5.41, 5.74) is -0.603. The van der Waals surface area contributed by atoms with E-state index in [0.29, 0.717) is 11.0 Å². The highest BCUT2D eigenvalue weighted by molar-refractivity contribution is 6.29. The first kappa shape index (κ1) is 12.3. The third-order valence-electron chi connectivity index (χ3n) is 2.40. The molecule has 0 aromatic carbocycles. The summed E-state index contributed by atoms with van der Waals surface area (Å²) in [5, 5.41) is 13.0. The van der Waals surface area contributed by atoms with Crippen molar-refractivity contribution >= 4 is 17.6 Å². The summed E-state index contributed by atoms with van der Waals surface area (Å²) in [6, 6.07) is 2.31. The van der Waals surface area contributed by atoms with E-state index in [1.165, 1.54) is 6.20 Å². The van der Waals surface area contributed by atoms with Gasteiger partial charge < -0.3 is 9.67 Å². The zero-order valence-corrected chi connectivity index (χ0v) is 10.1. The van der Waals surface area contributed by atoms with Crippen LogP contribution in [0.5, 0.6) is 0 Å². The van der Waals surface area contributed by atoms with E-state index in [4.69, 9.17) is 16.7 Å². The zero-order valence-electron chi connectivity index (χ0n) is 9.37. The van der Waals surface area contributed by atoms with Crippen molar-refractivity contribution in [3.8, 4) is 0 Å². The Balaban J connectivity index is 2.40. The van der Waals surface area contributed by atoms with Crippen LogP contribution in [-0.2, 0) is 13.6 Å². The summed E-state index contributed by atoms with van der Waals surface area (Å²) in [5.74, 6) is -0.682. The van der Waals surface area contributed by atoms with Gasteiger partial charge in [0.2, 0.25) is 0 Å². The molecule has 1 N–H and O–H groups in total. The van der Waals surface area contributed by atoms with Crippen molar-refractivity contribution in [2.75, 3.05) is 0 Å². The van der Waals surface area contributed by atoms with Gasteiger partial charge in [0.15, 0.2) is 5.69 Å². The van der Waals surface area contributed by atoms with E-state index in [-0.39, 0.29) is 12.2 Å². The topological polar surface area (TPSA) is 90.0 Å². The van der Waals surface area contributed by atoms with Crippen molar-refractivity contribution in [2.24, 2.45) is 7.05 Å². The second-order valence-electron chi connectivity index (χ2n) is 3.58. The molecule has 2 rings (SSSR count). The average molecular weight is 269 g/mol. The standard InChI is InChI=1S/C10H9ClN4O3/c1-14-7(11)4-12-8(14)5-15-9(16)3-2-6(13-15)10(17)18/h2-4H,5H2,1H3,(H,17,18). The molecular weight excluding hydrogens is 260 g/mol. The highest BCUT2D eigenvalue weighted by Crippen LogP contribution is 2.09. The van der Waals surface area contributed by atoms with Crippen LogP contribution in [0, 0.1) is 0 Å². The summed E-state index contributed by atoms with van der Waals surface area (Å²) in [4.78, 5) is 26.3. The average Bonchev–Trinajstić information content (AvgIpc) is 2.63. The van der Waals surface area contributed by atoms with Crippen LogP contribution in [0.15, 0.2) is 23.1 Å². The van der Waals surface area contributed by atoms with Gasteiger partial charge in [-0.2, -0.15) is 5.10 Å². The number of hydrogen-bond donors (Lipinski definition) is 1. The third-order valence-corrected chi connectivity index (χ3v) is 2.76. The molecule has 0 aliphatic rings. The number of nitrogens with zero attached hydrogens (tertiary/aromatic N) is 4. The van der Waals surface area contributed by atoms with Gasteiger partial charge in [-0.1, -0.05) is 11.6 Å². The lowest BCUT2D eigenvalue weighted by atomic mass is 10.4. The first-order valence-corrected chi connectivity index (χ1v) is 5.34. The fourth-order valence-electron chi connectivity index (χ4n) is 1.38. The molecule has 8 heteroatoms. The van der Waals surface area contributed by atoms with Crippen LogP contribution in [0.2, 0.25) is 5.15 Å². The number of halogens is 1. The first-order chi connectivity index (χ1) is 8.49. The Morgan fingerprint density at radius 3 is 2.78 bits per heavy atom. The molecule has 2 aromatic rings. The number of carboxylic acid groups (broad SMARTS) is 1. The third kappa shape index (κ3) is 2.25. The molecule has 0 radical (unpaired) electrons. The Morgan fingerprint density at radius 1 is 1.50 bits per heavy atom. The lowest BCUT2D eigenvalue weighted by molar-refractivity contribution is 0.0687. The molecule has 0 unspecified atom stereocenters. The Bertz CT molecular complexity index is 661.